The Hall–Kier alpha value is -2.03. The van der Waals surface area contributed by atoms with E-state index in [0.717, 1.165) is 11.3 Å². The molecule has 3 rings (SSSR count). The van der Waals surface area contributed by atoms with Gasteiger partial charge in [-0.15, -0.1) is 0 Å². The third-order valence-electron chi connectivity index (χ3n) is 2.40. The molecule has 2 aliphatic carbocycles. The lowest BCUT2D eigenvalue weighted by molar-refractivity contribution is 1.37. The molecule has 0 saturated heterocycles. The average molecular weight is 183 g/mol. The highest BCUT2D eigenvalue weighted by Crippen LogP contribution is 2.31. The van der Waals surface area contributed by atoms with Crippen LogP contribution in [0.2, 0.25) is 0 Å². The summed E-state index contributed by atoms with van der Waals surface area (Å²) in [5, 5.41) is 0. The van der Waals surface area contributed by atoms with Gasteiger partial charge in [0.25, 0.3) is 0 Å². The Morgan fingerprint density at radius 3 is 2.57 bits per heavy atom. The van der Waals surface area contributed by atoms with Crippen LogP contribution >= 0.6 is 0 Å². The molecule has 3 nitrogen and oxygen atoms in total. The molecule has 0 aromatic carbocycles. The van der Waals surface area contributed by atoms with Crippen molar-refractivity contribution >= 4 is 0 Å². The molecule has 14 heavy (non-hydrogen) atoms. The normalized spacial score (nSPS) is 11.4. The Balaban J connectivity index is 2.65. The van der Waals surface area contributed by atoms with Crippen LogP contribution < -0.4 is 10.9 Å². The Morgan fingerprint density at radius 2 is 1.71 bits per heavy atom. The Labute approximate surface area is 79.0 Å². The molecule has 0 N–H and O–H groups in total. The molecule has 66 valence electrons. The lowest BCUT2D eigenvalue weighted by Gasteiger charge is -1.91. The van der Waals surface area contributed by atoms with E-state index in [4.69, 9.17) is 0 Å². The second-order valence-corrected chi connectivity index (χ2v) is 3.22. The molecule has 0 aromatic rings. The van der Waals surface area contributed by atoms with Crippen LogP contribution in [0.3, 0.4) is 0 Å². The molecule has 0 fully saturated rings. The van der Waals surface area contributed by atoms with E-state index in [2.05, 4.69) is 4.98 Å². The van der Waals surface area contributed by atoms with Gasteiger partial charge >= 0.3 is 0 Å². The first kappa shape index (κ1) is 7.38. The van der Waals surface area contributed by atoms with Gasteiger partial charge in [0, 0.05) is 5.56 Å². The molecular formula is C11H5NO2. The van der Waals surface area contributed by atoms with Crippen LogP contribution in [0.25, 0.3) is 22.5 Å². The molecule has 0 atom stereocenters. The van der Waals surface area contributed by atoms with Crippen molar-refractivity contribution in [1.29, 1.82) is 0 Å². The first-order chi connectivity index (χ1) is 6.77. The first-order valence-electron chi connectivity index (χ1n) is 4.26. The highest BCUT2D eigenvalue weighted by molar-refractivity contribution is 5.85. The van der Waals surface area contributed by atoms with E-state index in [9.17, 15) is 9.59 Å². The van der Waals surface area contributed by atoms with Gasteiger partial charge in [0.15, 0.2) is 5.43 Å². The van der Waals surface area contributed by atoms with Crippen molar-refractivity contribution in [3.05, 3.63) is 50.8 Å². The van der Waals surface area contributed by atoms with E-state index in [-0.39, 0.29) is 10.9 Å². The highest BCUT2D eigenvalue weighted by atomic mass is 16.1. The molecule has 0 saturated carbocycles. The minimum absolute atomic E-state index is 0.131. The summed E-state index contributed by atoms with van der Waals surface area (Å²) in [5.74, 6) is 0. The van der Waals surface area contributed by atoms with E-state index in [1.165, 1.54) is 12.1 Å². The predicted octanol–water partition coefficient (Wildman–Crippen LogP) is 0.887. The van der Waals surface area contributed by atoms with Crippen LogP contribution in [0.1, 0.15) is 0 Å². The molecule has 3 heteroatoms. The van der Waals surface area contributed by atoms with Crippen molar-refractivity contribution in [2.75, 3.05) is 0 Å². The molecule has 1 aliphatic heterocycles. The predicted molar refractivity (Wildman–Crippen MR) is 52.4 cm³/mol. The number of benzene rings is 1. The van der Waals surface area contributed by atoms with Crippen molar-refractivity contribution in [1.82, 2.24) is 4.98 Å². The Bertz CT molecular complexity index is 634. The SMILES string of the molecule is O=c1ccc(=O)c2c3cccc-3nc1-2. The zero-order chi connectivity index (χ0) is 9.71. The van der Waals surface area contributed by atoms with Gasteiger partial charge in [0.1, 0.15) is 5.69 Å². The molecule has 0 bridgehead atoms. The van der Waals surface area contributed by atoms with Gasteiger partial charge in [-0.3, -0.25) is 9.59 Å². The molecule has 1 heterocycles. The molecule has 0 amide bonds. The number of rotatable bonds is 0. The van der Waals surface area contributed by atoms with Crippen LogP contribution in [0.4, 0.5) is 0 Å². The fraction of sp³-hybridized carbons (Fsp3) is 0. The largest absolute Gasteiger partial charge is 0.289 e. The van der Waals surface area contributed by atoms with E-state index in [1.54, 1.807) is 6.07 Å². The van der Waals surface area contributed by atoms with Gasteiger partial charge in [0.05, 0.1) is 11.3 Å². The maximum atomic E-state index is 11.5. The Morgan fingerprint density at radius 1 is 0.929 bits per heavy atom. The van der Waals surface area contributed by atoms with Gasteiger partial charge < -0.3 is 0 Å². The summed E-state index contributed by atoms with van der Waals surface area (Å²) < 4.78 is 0. The van der Waals surface area contributed by atoms with Crippen LogP contribution in [0, 0.1) is 0 Å². The van der Waals surface area contributed by atoms with Gasteiger partial charge in [-0.05, 0) is 18.2 Å². The minimum atomic E-state index is -0.184. The monoisotopic (exact) mass is 183 g/mol. The molecular weight excluding hydrogens is 178 g/mol. The summed E-state index contributed by atoms with van der Waals surface area (Å²) in [6.45, 7) is 0. The van der Waals surface area contributed by atoms with Crippen molar-refractivity contribution in [3.8, 4) is 22.5 Å². The maximum absolute atomic E-state index is 11.5. The van der Waals surface area contributed by atoms with Crippen LogP contribution in [-0.4, -0.2) is 4.98 Å². The third kappa shape index (κ3) is 0.738. The summed E-state index contributed by atoms with van der Waals surface area (Å²) in [7, 11) is 0. The lowest BCUT2D eigenvalue weighted by atomic mass is 10.1. The fourth-order valence-corrected chi connectivity index (χ4v) is 1.76. The smallest absolute Gasteiger partial charge is 0.205 e. The van der Waals surface area contributed by atoms with E-state index >= 15 is 0 Å². The summed E-state index contributed by atoms with van der Waals surface area (Å²) >= 11 is 0. The standard InChI is InChI=1S/C11H5NO2/c13-8-4-5-9(14)11-10(8)6-2-1-3-7(6)12-11/h1-5H. The maximum Gasteiger partial charge on any atom is 0.205 e. The second-order valence-electron chi connectivity index (χ2n) is 3.22. The van der Waals surface area contributed by atoms with E-state index < -0.39 is 0 Å². The zero-order valence-corrected chi connectivity index (χ0v) is 7.15. The lowest BCUT2D eigenvalue weighted by Crippen LogP contribution is -2.12. The van der Waals surface area contributed by atoms with Crippen molar-refractivity contribution < 1.29 is 0 Å². The second kappa shape index (κ2) is 2.26. The fourth-order valence-electron chi connectivity index (χ4n) is 1.76. The topological polar surface area (TPSA) is 47.0 Å². The summed E-state index contributed by atoms with van der Waals surface area (Å²) in [6.07, 6.45) is 0. The molecule has 0 radical (unpaired) electrons. The first-order valence-corrected chi connectivity index (χ1v) is 4.26. The summed E-state index contributed by atoms with van der Waals surface area (Å²) in [5.41, 5.74) is 1.94. The van der Waals surface area contributed by atoms with Crippen molar-refractivity contribution in [3.63, 3.8) is 0 Å². The Kier molecular flexibility index (Phi) is 1.19. The molecule has 0 aromatic heterocycles. The summed E-state index contributed by atoms with van der Waals surface area (Å²) in [4.78, 5) is 27.0. The van der Waals surface area contributed by atoms with Gasteiger partial charge in [-0.2, -0.15) is 0 Å². The molecule has 0 spiro atoms. The average Bonchev–Trinajstić information content (AvgIpc) is 2.70. The number of nitrogens with zero attached hydrogens (tertiary/aromatic N) is 1. The number of hydrogen-bond donors (Lipinski definition) is 0. The van der Waals surface area contributed by atoms with E-state index in [0.29, 0.717) is 11.3 Å². The van der Waals surface area contributed by atoms with Crippen LogP contribution in [0.15, 0.2) is 39.9 Å². The van der Waals surface area contributed by atoms with Gasteiger partial charge in [0.2, 0.25) is 5.43 Å². The van der Waals surface area contributed by atoms with Gasteiger partial charge in [-0.1, -0.05) is 12.1 Å². The molecule has 0 unspecified atom stereocenters. The zero-order valence-electron chi connectivity index (χ0n) is 7.15. The van der Waals surface area contributed by atoms with Crippen LogP contribution in [0.5, 0.6) is 0 Å². The van der Waals surface area contributed by atoms with Crippen LogP contribution in [-0.2, 0) is 0 Å². The molecule has 3 aliphatic rings. The van der Waals surface area contributed by atoms with Gasteiger partial charge in [-0.25, -0.2) is 4.98 Å². The van der Waals surface area contributed by atoms with Crippen molar-refractivity contribution in [2.45, 2.75) is 0 Å². The number of fused-ring (bicyclic) bond motifs is 3. The highest BCUT2D eigenvalue weighted by Gasteiger charge is 2.22. The number of aromatic nitrogens is 1. The quantitative estimate of drug-likeness (QED) is 0.520. The summed E-state index contributed by atoms with van der Waals surface area (Å²) in [6, 6.07) is 8.02. The van der Waals surface area contributed by atoms with E-state index in [1.807, 2.05) is 12.1 Å². The third-order valence-corrected chi connectivity index (χ3v) is 2.40. The number of hydrogen-bond acceptors (Lipinski definition) is 3. The van der Waals surface area contributed by atoms with Crippen molar-refractivity contribution in [2.24, 2.45) is 0 Å². The minimum Gasteiger partial charge on any atom is -0.289 e.